The largest absolute Gasteiger partial charge is 0.355 e. The molecule has 0 aliphatic carbocycles. The van der Waals surface area contributed by atoms with Crippen LogP contribution in [0, 0.1) is 0 Å². The number of carbonyl (C=O) groups is 1. The number of carbonyl (C=O) groups excluding carboxylic acids is 1. The first kappa shape index (κ1) is 17.6. The van der Waals surface area contributed by atoms with Gasteiger partial charge in [0.05, 0.1) is 16.4 Å². The van der Waals surface area contributed by atoms with E-state index in [-0.39, 0.29) is 29.4 Å². The normalized spacial score (nSPS) is 12.0. The number of benzene rings is 1. The van der Waals surface area contributed by atoms with Crippen LogP contribution in [0.2, 0.25) is 0 Å². The van der Waals surface area contributed by atoms with Gasteiger partial charge in [-0.1, -0.05) is 18.2 Å². The minimum atomic E-state index is -3.50. The van der Waals surface area contributed by atoms with Gasteiger partial charge in [0.15, 0.2) is 9.84 Å². The van der Waals surface area contributed by atoms with Crippen LogP contribution in [0.15, 0.2) is 35.2 Å². The molecule has 1 rings (SSSR count). The van der Waals surface area contributed by atoms with Gasteiger partial charge in [-0.2, -0.15) is 0 Å². The maximum Gasteiger partial charge on any atom is 0.221 e. The summed E-state index contributed by atoms with van der Waals surface area (Å²) in [6.07, 6.45) is -0.211. The van der Waals surface area contributed by atoms with E-state index >= 15 is 0 Å². The van der Waals surface area contributed by atoms with Gasteiger partial charge in [0.2, 0.25) is 15.9 Å². The number of nitrogens with one attached hydrogen (secondary N) is 2. The first-order chi connectivity index (χ1) is 9.77. The van der Waals surface area contributed by atoms with E-state index in [9.17, 15) is 21.6 Å². The van der Waals surface area contributed by atoms with Crippen molar-refractivity contribution >= 4 is 25.8 Å². The first-order valence-electron chi connectivity index (χ1n) is 6.22. The molecule has 0 aliphatic heterocycles. The molecule has 0 heterocycles. The van der Waals surface area contributed by atoms with Gasteiger partial charge in [-0.3, -0.25) is 4.79 Å². The summed E-state index contributed by atoms with van der Waals surface area (Å²) in [5.41, 5.74) is 0. The van der Waals surface area contributed by atoms with E-state index in [0.29, 0.717) is 0 Å². The molecule has 1 aromatic rings. The number of hydrogen-bond acceptors (Lipinski definition) is 5. The molecule has 118 valence electrons. The third-order valence-electron chi connectivity index (χ3n) is 2.70. The minimum Gasteiger partial charge on any atom is -0.355 e. The molecule has 0 fully saturated rings. The first-order valence-corrected chi connectivity index (χ1v) is 9.53. The molecule has 0 saturated heterocycles. The Bertz CT molecular complexity index is 669. The zero-order valence-electron chi connectivity index (χ0n) is 11.6. The third kappa shape index (κ3) is 6.23. The molecule has 0 aromatic heterocycles. The van der Waals surface area contributed by atoms with Crippen LogP contribution in [0.3, 0.4) is 0 Å². The summed E-state index contributed by atoms with van der Waals surface area (Å²) in [5, 5.41) is 2.37. The van der Waals surface area contributed by atoms with Crippen molar-refractivity contribution in [3.05, 3.63) is 30.3 Å². The van der Waals surface area contributed by atoms with Crippen LogP contribution < -0.4 is 10.0 Å². The smallest absolute Gasteiger partial charge is 0.221 e. The SMILES string of the molecule is CNS(=O)(=O)CCNC(=O)CCS(=O)(=O)c1ccccc1. The summed E-state index contributed by atoms with van der Waals surface area (Å²) in [7, 11) is -5.61. The van der Waals surface area contributed by atoms with Crippen LogP contribution in [0.1, 0.15) is 6.42 Å². The zero-order chi connectivity index (χ0) is 15.9. The summed E-state index contributed by atoms with van der Waals surface area (Å²) >= 11 is 0. The summed E-state index contributed by atoms with van der Waals surface area (Å²) in [6.45, 7) is -0.0621. The molecule has 21 heavy (non-hydrogen) atoms. The zero-order valence-corrected chi connectivity index (χ0v) is 13.2. The Hall–Kier alpha value is -1.45. The van der Waals surface area contributed by atoms with Gasteiger partial charge in [0.25, 0.3) is 0 Å². The van der Waals surface area contributed by atoms with Crippen LogP contribution >= 0.6 is 0 Å². The Labute approximate surface area is 124 Å². The number of hydrogen-bond donors (Lipinski definition) is 2. The van der Waals surface area contributed by atoms with Crippen molar-refractivity contribution < 1.29 is 21.6 Å². The van der Waals surface area contributed by atoms with Crippen LogP contribution in [0.25, 0.3) is 0 Å². The average molecular weight is 334 g/mol. The number of sulfonamides is 1. The number of sulfone groups is 1. The summed E-state index contributed by atoms with van der Waals surface area (Å²) in [5.74, 6) is -1.07. The highest BCUT2D eigenvalue weighted by Crippen LogP contribution is 2.10. The second-order valence-corrected chi connectivity index (χ2v) is 8.41. The molecule has 0 atom stereocenters. The van der Waals surface area contributed by atoms with Crippen molar-refractivity contribution in [2.24, 2.45) is 0 Å². The Kier molecular flexibility index (Phi) is 6.31. The van der Waals surface area contributed by atoms with Crippen LogP contribution in [0.4, 0.5) is 0 Å². The molecule has 1 aromatic carbocycles. The Morgan fingerprint density at radius 3 is 2.24 bits per heavy atom. The molecule has 7 nitrogen and oxygen atoms in total. The Morgan fingerprint density at radius 1 is 1.05 bits per heavy atom. The maximum atomic E-state index is 11.9. The summed E-state index contributed by atoms with van der Waals surface area (Å²) in [4.78, 5) is 11.7. The average Bonchev–Trinajstić information content (AvgIpc) is 2.46. The van der Waals surface area contributed by atoms with Gasteiger partial charge >= 0.3 is 0 Å². The van der Waals surface area contributed by atoms with Crippen molar-refractivity contribution in [3.8, 4) is 0 Å². The van der Waals surface area contributed by atoms with Crippen molar-refractivity contribution in [3.63, 3.8) is 0 Å². The van der Waals surface area contributed by atoms with Gasteiger partial charge in [-0.05, 0) is 19.2 Å². The van der Waals surface area contributed by atoms with Crippen molar-refractivity contribution in [1.29, 1.82) is 0 Å². The fourth-order valence-corrected chi connectivity index (χ4v) is 3.32. The molecular formula is C12H18N2O5S2. The molecular weight excluding hydrogens is 316 g/mol. The predicted molar refractivity (Wildman–Crippen MR) is 79.0 cm³/mol. The second-order valence-electron chi connectivity index (χ2n) is 4.25. The van der Waals surface area contributed by atoms with E-state index in [0.717, 1.165) is 0 Å². The lowest BCUT2D eigenvalue weighted by Gasteiger charge is -2.06. The third-order valence-corrected chi connectivity index (χ3v) is 5.80. The monoisotopic (exact) mass is 334 g/mol. The van der Waals surface area contributed by atoms with Crippen LogP contribution in [-0.2, 0) is 24.7 Å². The Morgan fingerprint density at radius 2 is 1.67 bits per heavy atom. The molecule has 0 saturated carbocycles. The molecule has 0 bridgehead atoms. The van der Waals surface area contributed by atoms with Crippen molar-refractivity contribution in [2.75, 3.05) is 25.1 Å². The highest BCUT2D eigenvalue weighted by atomic mass is 32.2. The van der Waals surface area contributed by atoms with Crippen LogP contribution in [0.5, 0.6) is 0 Å². The van der Waals surface area contributed by atoms with E-state index in [1.54, 1.807) is 18.2 Å². The number of amides is 1. The van der Waals surface area contributed by atoms with Gasteiger partial charge in [0.1, 0.15) is 0 Å². The molecule has 9 heteroatoms. The molecule has 0 radical (unpaired) electrons. The van der Waals surface area contributed by atoms with Gasteiger partial charge in [0, 0.05) is 13.0 Å². The quantitative estimate of drug-likeness (QED) is 0.667. The number of rotatable bonds is 8. The van der Waals surface area contributed by atoms with E-state index in [4.69, 9.17) is 0 Å². The highest BCUT2D eigenvalue weighted by Gasteiger charge is 2.16. The standard InChI is InChI=1S/C12H18N2O5S2/c1-13-21(18,19)10-8-14-12(15)7-9-20(16,17)11-5-3-2-4-6-11/h2-6,13H,7-10H2,1H3,(H,14,15). The molecule has 0 spiro atoms. The van der Waals surface area contributed by atoms with E-state index in [2.05, 4.69) is 10.0 Å². The molecule has 1 amide bonds. The maximum absolute atomic E-state index is 11.9. The lowest BCUT2D eigenvalue weighted by atomic mass is 10.4. The predicted octanol–water partition coefficient (Wildman–Crippen LogP) is -0.484. The van der Waals surface area contributed by atoms with Gasteiger partial charge in [-0.15, -0.1) is 0 Å². The lowest BCUT2D eigenvalue weighted by Crippen LogP contribution is -2.33. The van der Waals surface area contributed by atoms with E-state index in [1.807, 2.05) is 0 Å². The van der Waals surface area contributed by atoms with Gasteiger partial charge in [-0.25, -0.2) is 21.6 Å². The van der Waals surface area contributed by atoms with Crippen LogP contribution in [-0.4, -0.2) is 47.8 Å². The topological polar surface area (TPSA) is 109 Å². The minimum absolute atomic E-state index is 0.0621. The Balaban J connectivity index is 2.43. The summed E-state index contributed by atoms with van der Waals surface area (Å²) < 4.78 is 48.2. The van der Waals surface area contributed by atoms with E-state index in [1.165, 1.54) is 19.2 Å². The van der Waals surface area contributed by atoms with E-state index < -0.39 is 25.8 Å². The lowest BCUT2D eigenvalue weighted by molar-refractivity contribution is -0.120. The molecule has 0 unspecified atom stereocenters. The summed E-state index contributed by atoms with van der Waals surface area (Å²) in [6, 6.07) is 7.85. The van der Waals surface area contributed by atoms with Crippen molar-refractivity contribution in [1.82, 2.24) is 10.0 Å². The van der Waals surface area contributed by atoms with Crippen molar-refractivity contribution in [2.45, 2.75) is 11.3 Å². The molecule has 0 aliphatic rings. The highest BCUT2D eigenvalue weighted by molar-refractivity contribution is 7.91. The van der Waals surface area contributed by atoms with Gasteiger partial charge < -0.3 is 5.32 Å². The second kappa shape index (κ2) is 7.53. The molecule has 2 N–H and O–H groups in total. The fraction of sp³-hybridized carbons (Fsp3) is 0.417. The fourth-order valence-electron chi connectivity index (χ4n) is 1.49.